The summed E-state index contributed by atoms with van der Waals surface area (Å²) in [5, 5.41) is 0. The van der Waals surface area contributed by atoms with Crippen molar-refractivity contribution in [3.63, 3.8) is 0 Å². The molecule has 0 unspecified atom stereocenters. The number of nitrogens with zero attached hydrogens (tertiary/aromatic N) is 3. The van der Waals surface area contributed by atoms with Crippen molar-refractivity contribution in [1.29, 1.82) is 0 Å². The summed E-state index contributed by atoms with van der Waals surface area (Å²) in [4.78, 5) is 17.9. The topological polar surface area (TPSA) is 108 Å². The lowest BCUT2D eigenvalue weighted by Gasteiger charge is -2.32. The van der Waals surface area contributed by atoms with Gasteiger partial charge in [0, 0.05) is 38.7 Å². The van der Waals surface area contributed by atoms with Gasteiger partial charge in [-0.25, -0.2) is 14.5 Å². The van der Waals surface area contributed by atoms with Crippen molar-refractivity contribution in [2.45, 2.75) is 0 Å². The minimum Gasteiger partial charge on any atom is -0.320 e. The first-order valence-corrected chi connectivity index (χ1v) is 9.84. The Hall–Kier alpha value is -1.17. The number of carbonyl (C=O) groups is 1. The molecule has 1 N–H and O–H groups in total. The predicted octanol–water partition coefficient (Wildman–Crippen LogP) is -0.596. The number of hydrogen-bond donors (Lipinski definition) is 1. The molecule has 2 amide bonds. The van der Waals surface area contributed by atoms with Crippen LogP contribution < -0.4 is 5.48 Å². The van der Waals surface area contributed by atoms with Crippen LogP contribution in [0.4, 0.5) is 4.79 Å². The number of amides is 2. The first-order chi connectivity index (χ1) is 9.65. The Morgan fingerprint density at radius 2 is 1.86 bits per heavy atom. The lowest BCUT2D eigenvalue weighted by Crippen LogP contribution is -2.52. The highest BCUT2D eigenvalue weighted by Crippen LogP contribution is 2.10. The predicted molar refractivity (Wildman–Crippen MR) is 79.2 cm³/mol. The summed E-state index contributed by atoms with van der Waals surface area (Å²) in [6.45, 7) is 4.21. The number of hydroxylamine groups is 1. The van der Waals surface area contributed by atoms with Crippen LogP contribution in [0.3, 0.4) is 0 Å². The molecule has 0 bridgehead atoms. The van der Waals surface area contributed by atoms with Crippen molar-refractivity contribution in [2.24, 2.45) is 3.77 Å². The van der Waals surface area contributed by atoms with E-state index in [-0.39, 0.29) is 32.8 Å². The number of rotatable bonds is 5. The Labute approximate surface area is 125 Å². The van der Waals surface area contributed by atoms with Crippen molar-refractivity contribution in [1.82, 2.24) is 14.7 Å². The van der Waals surface area contributed by atoms with Crippen molar-refractivity contribution < 1.29 is 22.3 Å². The van der Waals surface area contributed by atoms with Crippen LogP contribution in [0.2, 0.25) is 0 Å². The third-order valence-corrected chi connectivity index (χ3v) is 5.69. The van der Waals surface area contributed by atoms with Gasteiger partial charge < -0.3 is 4.90 Å². The van der Waals surface area contributed by atoms with Crippen molar-refractivity contribution in [2.75, 3.05) is 45.3 Å². The highest BCUT2D eigenvalue weighted by atomic mass is 32.3. The van der Waals surface area contributed by atoms with Crippen LogP contribution in [-0.2, 0) is 24.8 Å². The molecule has 1 aliphatic rings. The van der Waals surface area contributed by atoms with E-state index in [9.17, 15) is 17.4 Å². The third kappa shape index (κ3) is 5.99. The van der Waals surface area contributed by atoms with Gasteiger partial charge in [0.2, 0.25) is 0 Å². The van der Waals surface area contributed by atoms with Crippen LogP contribution in [0.1, 0.15) is 0 Å². The Balaban J connectivity index is 2.58. The molecule has 1 fully saturated rings. The molecule has 1 heterocycles. The van der Waals surface area contributed by atoms with Gasteiger partial charge in [0.15, 0.2) is 0 Å². The number of urea groups is 1. The van der Waals surface area contributed by atoms with Gasteiger partial charge in [-0.05, 0) is 0 Å². The molecule has 0 aromatic carbocycles. The molecule has 0 saturated carbocycles. The van der Waals surface area contributed by atoms with Gasteiger partial charge in [-0.15, -0.1) is 6.58 Å². The average Bonchev–Trinajstić information content (AvgIpc) is 2.36. The molecule has 0 aromatic rings. The third-order valence-electron chi connectivity index (χ3n) is 2.49. The molecule has 0 aromatic heterocycles. The maximum Gasteiger partial charge on any atom is 0.341 e. The summed E-state index contributed by atoms with van der Waals surface area (Å²) in [5.41, 5.74) is 2.22. The van der Waals surface area contributed by atoms with E-state index in [1.807, 2.05) is 0 Å². The average molecular weight is 340 g/mol. The first kappa shape index (κ1) is 17.9. The monoisotopic (exact) mass is 340 g/mol. The first-order valence-electron chi connectivity index (χ1n) is 6.12. The van der Waals surface area contributed by atoms with Gasteiger partial charge in [-0.2, -0.15) is 12.7 Å². The number of nitrogens with one attached hydrogen (secondary N) is 1. The van der Waals surface area contributed by atoms with E-state index >= 15 is 0 Å². The lowest BCUT2D eigenvalue weighted by atomic mass is 10.4. The highest BCUT2D eigenvalue weighted by molar-refractivity contribution is 8.01. The van der Waals surface area contributed by atoms with E-state index in [1.54, 1.807) is 0 Å². The zero-order valence-corrected chi connectivity index (χ0v) is 13.7. The summed E-state index contributed by atoms with van der Waals surface area (Å²) in [6, 6.07) is -0.444. The van der Waals surface area contributed by atoms with Crippen LogP contribution in [0.5, 0.6) is 0 Å². The summed E-state index contributed by atoms with van der Waals surface area (Å²) < 4.78 is 39.8. The molecule has 21 heavy (non-hydrogen) atoms. The van der Waals surface area contributed by atoms with E-state index in [1.165, 1.54) is 23.5 Å². The highest BCUT2D eigenvalue weighted by Gasteiger charge is 2.29. The molecule has 122 valence electrons. The second-order valence-electron chi connectivity index (χ2n) is 4.63. The lowest BCUT2D eigenvalue weighted by molar-refractivity contribution is 0.0603. The van der Waals surface area contributed by atoms with Crippen LogP contribution in [0.15, 0.2) is 16.4 Å². The minimum absolute atomic E-state index is 0.0935. The van der Waals surface area contributed by atoms with E-state index < -0.39 is 26.0 Å². The Kier molecular flexibility index (Phi) is 6.13. The largest absolute Gasteiger partial charge is 0.341 e. The van der Waals surface area contributed by atoms with Crippen LogP contribution >= 0.6 is 0 Å². The van der Waals surface area contributed by atoms with Crippen molar-refractivity contribution >= 4 is 26.0 Å². The Morgan fingerprint density at radius 3 is 2.33 bits per heavy atom. The van der Waals surface area contributed by atoms with E-state index in [0.29, 0.717) is 0 Å². The van der Waals surface area contributed by atoms with Crippen LogP contribution in [0, 0.1) is 0 Å². The van der Waals surface area contributed by atoms with Gasteiger partial charge in [0.05, 0.1) is 16.3 Å². The molecule has 0 aliphatic carbocycles. The van der Waals surface area contributed by atoms with Crippen LogP contribution in [0.25, 0.3) is 0 Å². The van der Waals surface area contributed by atoms with E-state index in [2.05, 4.69) is 15.8 Å². The maximum atomic E-state index is 11.9. The van der Waals surface area contributed by atoms with Gasteiger partial charge >= 0.3 is 16.2 Å². The Bertz CT molecular complexity index is 593. The Morgan fingerprint density at radius 1 is 1.29 bits per heavy atom. The second kappa shape index (κ2) is 7.20. The zero-order chi connectivity index (χ0) is 16.1. The summed E-state index contributed by atoms with van der Waals surface area (Å²) >= 11 is 0. The van der Waals surface area contributed by atoms with Gasteiger partial charge in [0.25, 0.3) is 0 Å². The molecule has 1 saturated heterocycles. The standard InChI is InChI=1S/C10H20N4O5S2/c1-4-9-19-11-10(15)13-5-7-14(8-6-13)21(17,18)12-20(2,3)16/h4H,1,5-9H2,2-3H3,(H,11,15). The van der Waals surface area contributed by atoms with Crippen LogP contribution in [-0.4, -0.2) is 73.2 Å². The normalized spacial score (nSPS) is 17.3. The van der Waals surface area contributed by atoms with E-state index in [4.69, 9.17) is 4.84 Å². The van der Waals surface area contributed by atoms with Gasteiger partial charge in [-0.3, -0.25) is 4.84 Å². The number of hydrogen-bond acceptors (Lipinski definition) is 5. The molecule has 1 aliphatic heterocycles. The summed E-state index contributed by atoms with van der Waals surface area (Å²) in [7, 11) is -6.68. The van der Waals surface area contributed by atoms with E-state index in [0.717, 1.165) is 4.31 Å². The fourth-order valence-electron chi connectivity index (χ4n) is 1.62. The molecule has 11 heteroatoms. The summed E-state index contributed by atoms with van der Waals surface area (Å²) in [5.74, 6) is 0. The molecule has 1 rings (SSSR count). The molecule has 9 nitrogen and oxygen atoms in total. The number of carbonyl (C=O) groups excluding carboxylic acids is 1. The quantitative estimate of drug-likeness (QED) is 0.408. The second-order valence-corrected chi connectivity index (χ2v) is 9.00. The fourth-order valence-corrected chi connectivity index (χ4v) is 4.44. The molecule has 0 spiro atoms. The van der Waals surface area contributed by atoms with Gasteiger partial charge in [0.1, 0.15) is 0 Å². The smallest absolute Gasteiger partial charge is 0.320 e. The molecular formula is C10H20N4O5S2. The molecule has 0 atom stereocenters. The molecule has 0 radical (unpaired) electrons. The minimum atomic E-state index is -3.93. The maximum absolute atomic E-state index is 11.9. The molecular weight excluding hydrogens is 320 g/mol. The van der Waals surface area contributed by atoms with Crippen molar-refractivity contribution in [3.8, 4) is 0 Å². The van der Waals surface area contributed by atoms with Gasteiger partial charge in [-0.1, -0.05) is 9.84 Å². The fraction of sp³-hybridized carbons (Fsp3) is 0.700. The summed E-state index contributed by atoms with van der Waals surface area (Å²) in [6.07, 6.45) is 4.00. The van der Waals surface area contributed by atoms with Crippen molar-refractivity contribution in [3.05, 3.63) is 12.7 Å². The zero-order valence-electron chi connectivity index (χ0n) is 12.0. The number of piperazine rings is 1. The SMILES string of the molecule is C=CCONC(=O)N1CCN(S(=O)(=O)N=S(C)(C)=O)CC1.